The summed E-state index contributed by atoms with van der Waals surface area (Å²) in [4.78, 5) is 22.4. The van der Waals surface area contributed by atoms with E-state index >= 15 is 0 Å². The summed E-state index contributed by atoms with van der Waals surface area (Å²) in [5.41, 5.74) is 13.3. The number of aromatic carboxylic acids is 2. The normalized spacial score (nSPS) is 10.4. The molecule has 0 heterocycles. The largest absolute Gasteiger partial charge is 0.493 e. The van der Waals surface area contributed by atoms with Crippen LogP contribution in [0, 0.1) is 0 Å². The van der Waals surface area contributed by atoms with Crippen LogP contribution >= 0.6 is 0 Å². The molecule has 0 unspecified atom stereocenters. The lowest BCUT2D eigenvalue weighted by Crippen LogP contribution is -2.07. The van der Waals surface area contributed by atoms with Gasteiger partial charge in [-0.05, 0) is 55.2 Å². The molecular formula is C18H20N2O5. The van der Waals surface area contributed by atoms with E-state index in [1.807, 2.05) is 0 Å². The number of hydrogen-bond donors (Lipinski definition) is 4. The number of benzene rings is 2. The Balaban J connectivity index is 1.91. The highest BCUT2D eigenvalue weighted by molar-refractivity contribution is 5.91. The fraction of sp³-hybridized carbons (Fsp3) is 0.222. The monoisotopic (exact) mass is 344 g/mol. The van der Waals surface area contributed by atoms with Crippen LogP contribution in [-0.4, -0.2) is 28.8 Å². The molecule has 7 heteroatoms. The van der Waals surface area contributed by atoms with Gasteiger partial charge in [0, 0.05) is 17.4 Å². The number of hydrogen-bond acceptors (Lipinski definition) is 5. The van der Waals surface area contributed by atoms with Crippen LogP contribution in [0.1, 0.15) is 39.1 Å². The number of carbonyl (C=O) groups is 2. The lowest BCUT2D eigenvalue weighted by molar-refractivity contribution is 0.0683. The van der Waals surface area contributed by atoms with Crippen molar-refractivity contribution in [2.75, 3.05) is 18.1 Å². The molecule has 2 aromatic carbocycles. The van der Waals surface area contributed by atoms with Crippen molar-refractivity contribution in [3.05, 3.63) is 53.1 Å². The molecule has 25 heavy (non-hydrogen) atoms. The Morgan fingerprint density at radius 1 is 0.880 bits per heavy atom. The highest BCUT2D eigenvalue weighted by Gasteiger charge is 2.12. The Hall–Kier alpha value is -3.22. The zero-order valence-electron chi connectivity index (χ0n) is 13.6. The van der Waals surface area contributed by atoms with Gasteiger partial charge in [-0.15, -0.1) is 0 Å². The van der Waals surface area contributed by atoms with Gasteiger partial charge in [0.2, 0.25) is 0 Å². The highest BCUT2D eigenvalue weighted by atomic mass is 16.5. The fourth-order valence-electron chi connectivity index (χ4n) is 2.46. The van der Waals surface area contributed by atoms with E-state index in [-0.39, 0.29) is 16.9 Å². The van der Waals surface area contributed by atoms with Gasteiger partial charge in [-0.3, -0.25) is 0 Å². The predicted molar refractivity (Wildman–Crippen MR) is 94.1 cm³/mol. The van der Waals surface area contributed by atoms with Gasteiger partial charge in [-0.2, -0.15) is 0 Å². The van der Waals surface area contributed by atoms with Gasteiger partial charge in [-0.1, -0.05) is 0 Å². The van der Waals surface area contributed by atoms with Gasteiger partial charge in [0.15, 0.2) is 0 Å². The maximum Gasteiger partial charge on any atom is 0.339 e. The van der Waals surface area contributed by atoms with E-state index in [9.17, 15) is 14.7 Å². The molecule has 7 nitrogen and oxygen atoms in total. The smallest absolute Gasteiger partial charge is 0.339 e. The van der Waals surface area contributed by atoms with E-state index in [2.05, 4.69) is 0 Å². The maximum absolute atomic E-state index is 11.2. The van der Waals surface area contributed by atoms with Crippen LogP contribution in [0.25, 0.3) is 0 Å². The molecule has 0 aliphatic rings. The first-order valence-corrected chi connectivity index (χ1v) is 7.76. The molecule has 0 radical (unpaired) electrons. The Morgan fingerprint density at radius 3 is 2.12 bits per heavy atom. The van der Waals surface area contributed by atoms with E-state index in [0.29, 0.717) is 42.8 Å². The molecule has 0 amide bonds. The number of unbranched alkanes of at least 4 members (excludes halogenated alkanes) is 1. The minimum absolute atomic E-state index is 0.0539. The summed E-state index contributed by atoms with van der Waals surface area (Å²) in [6.45, 7) is 0.300. The second-order valence-electron chi connectivity index (χ2n) is 5.59. The molecule has 0 fully saturated rings. The average Bonchev–Trinajstić information content (AvgIpc) is 2.54. The molecule has 132 valence electrons. The molecule has 0 aliphatic carbocycles. The van der Waals surface area contributed by atoms with Crippen molar-refractivity contribution in [3.63, 3.8) is 0 Å². The van der Waals surface area contributed by atoms with Crippen LogP contribution in [-0.2, 0) is 6.42 Å². The summed E-state index contributed by atoms with van der Waals surface area (Å²) in [5, 5.41) is 18.3. The molecule has 0 aromatic heterocycles. The van der Waals surface area contributed by atoms with Gasteiger partial charge < -0.3 is 26.4 Å². The van der Waals surface area contributed by atoms with E-state index < -0.39 is 11.9 Å². The van der Waals surface area contributed by atoms with Crippen molar-refractivity contribution in [1.29, 1.82) is 0 Å². The van der Waals surface area contributed by atoms with Crippen LogP contribution in [0.2, 0.25) is 0 Å². The van der Waals surface area contributed by atoms with E-state index in [1.54, 1.807) is 12.1 Å². The summed E-state index contributed by atoms with van der Waals surface area (Å²) < 4.78 is 5.52. The number of rotatable bonds is 8. The van der Waals surface area contributed by atoms with Gasteiger partial charge in [-0.25, -0.2) is 9.59 Å². The lowest BCUT2D eigenvalue weighted by Gasteiger charge is -2.11. The molecule has 0 saturated carbocycles. The average molecular weight is 344 g/mol. The second kappa shape index (κ2) is 8.05. The quantitative estimate of drug-likeness (QED) is 0.427. The number of anilines is 2. The Morgan fingerprint density at radius 2 is 1.48 bits per heavy atom. The molecule has 0 bridgehead atoms. The second-order valence-corrected chi connectivity index (χ2v) is 5.59. The molecule has 0 saturated heterocycles. The third kappa shape index (κ3) is 4.87. The number of aryl methyl sites for hydroxylation is 1. The van der Waals surface area contributed by atoms with Crippen molar-refractivity contribution >= 4 is 23.3 Å². The summed E-state index contributed by atoms with van der Waals surface area (Å²) in [6.07, 6.45) is 1.84. The molecular weight excluding hydrogens is 324 g/mol. The Bertz CT molecular complexity index is 724. The predicted octanol–water partition coefficient (Wildman–Crippen LogP) is 2.65. The van der Waals surface area contributed by atoms with E-state index in [1.165, 1.54) is 24.3 Å². The SMILES string of the molecule is Nc1ccc(C(=O)O)c(CCCCOc2cc(N)ccc2C(=O)O)c1. The topological polar surface area (TPSA) is 136 Å². The third-order valence-electron chi connectivity index (χ3n) is 3.69. The molecule has 2 aromatic rings. The highest BCUT2D eigenvalue weighted by Crippen LogP contribution is 2.22. The van der Waals surface area contributed by atoms with Crippen molar-refractivity contribution in [3.8, 4) is 5.75 Å². The number of nitrogen functional groups attached to an aromatic ring is 2. The minimum atomic E-state index is -1.08. The fourth-order valence-corrected chi connectivity index (χ4v) is 2.46. The minimum Gasteiger partial charge on any atom is -0.493 e. The molecule has 0 spiro atoms. The number of nitrogens with two attached hydrogens (primary N) is 2. The first-order valence-electron chi connectivity index (χ1n) is 7.76. The van der Waals surface area contributed by atoms with E-state index in [4.69, 9.17) is 21.3 Å². The Labute approximate surface area is 144 Å². The van der Waals surface area contributed by atoms with Crippen LogP contribution in [0.4, 0.5) is 11.4 Å². The van der Waals surface area contributed by atoms with Crippen LogP contribution in [0.15, 0.2) is 36.4 Å². The van der Waals surface area contributed by atoms with Crippen LogP contribution in [0.5, 0.6) is 5.75 Å². The zero-order valence-corrected chi connectivity index (χ0v) is 13.6. The zero-order chi connectivity index (χ0) is 18.4. The lowest BCUT2D eigenvalue weighted by atomic mass is 10.0. The van der Waals surface area contributed by atoms with Crippen molar-refractivity contribution in [1.82, 2.24) is 0 Å². The van der Waals surface area contributed by atoms with Crippen LogP contribution in [0.3, 0.4) is 0 Å². The number of carboxylic acid groups (broad SMARTS) is 2. The molecule has 2 rings (SSSR count). The van der Waals surface area contributed by atoms with Crippen molar-refractivity contribution in [2.45, 2.75) is 19.3 Å². The summed E-state index contributed by atoms with van der Waals surface area (Å²) in [5.74, 6) is -1.85. The maximum atomic E-state index is 11.2. The van der Waals surface area contributed by atoms with Crippen molar-refractivity contribution < 1.29 is 24.5 Å². The van der Waals surface area contributed by atoms with Gasteiger partial charge in [0.05, 0.1) is 12.2 Å². The Kier molecular flexibility index (Phi) is 5.84. The van der Waals surface area contributed by atoms with Gasteiger partial charge in [0.1, 0.15) is 11.3 Å². The van der Waals surface area contributed by atoms with Crippen LogP contribution < -0.4 is 16.2 Å². The van der Waals surface area contributed by atoms with Crippen molar-refractivity contribution in [2.24, 2.45) is 0 Å². The summed E-state index contributed by atoms with van der Waals surface area (Å²) >= 11 is 0. The first-order chi connectivity index (χ1) is 11.9. The third-order valence-corrected chi connectivity index (χ3v) is 3.69. The summed E-state index contributed by atoms with van der Waals surface area (Å²) in [6, 6.07) is 9.09. The molecule has 6 N–H and O–H groups in total. The number of carboxylic acids is 2. The van der Waals surface area contributed by atoms with E-state index in [0.717, 1.165) is 0 Å². The molecule has 0 aliphatic heterocycles. The van der Waals surface area contributed by atoms with Gasteiger partial charge in [0.25, 0.3) is 0 Å². The number of ether oxygens (including phenoxy) is 1. The first kappa shape index (κ1) is 18.1. The molecule has 0 atom stereocenters. The van der Waals surface area contributed by atoms with Gasteiger partial charge >= 0.3 is 11.9 Å². The summed E-state index contributed by atoms with van der Waals surface area (Å²) in [7, 11) is 0. The standard InChI is InChI=1S/C18H20N2O5/c19-12-4-6-14(17(21)22)11(9-12)3-1-2-8-25-16-10-13(20)5-7-15(16)18(23)24/h4-7,9-10H,1-3,8,19-20H2,(H,21,22)(H,23,24).